The maximum Gasteiger partial charge on any atom is 0.343 e. The lowest BCUT2D eigenvalue weighted by Gasteiger charge is -2.22. The summed E-state index contributed by atoms with van der Waals surface area (Å²) in [6.45, 7) is 6.21. The van der Waals surface area contributed by atoms with Gasteiger partial charge in [-0.1, -0.05) is 39.0 Å². The fourth-order valence-corrected chi connectivity index (χ4v) is 1.93. The van der Waals surface area contributed by atoms with Crippen molar-refractivity contribution in [1.82, 2.24) is 14.8 Å². The molecule has 1 aromatic heterocycles. The van der Waals surface area contributed by atoms with E-state index in [1.54, 1.807) is 0 Å². The predicted molar refractivity (Wildman–Crippen MR) is 76.9 cm³/mol. The number of nitrogens with zero attached hydrogens (tertiary/aromatic N) is 2. The molecule has 1 heterocycles. The molecule has 2 rings (SSSR count). The number of anilines is 1. The first-order chi connectivity index (χ1) is 9.29. The smallest absolute Gasteiger partial charge is 0.319 e. The summed E-state index contributed by atoms with van der Waals surface area (Å²) in [5, 5.41) is 6.62. The number of carbonyl (C=O) groups excluding carboxylic acids is 1. The Hall–Kier alpha value is -2.37. The van der Waals surface area contributed by atoms with Crippen LogP contribution < -0.4 is 11.0 Å². The van der Waals surface area contributed by atoms with Gasteiger partial charge in [0.05, 0.1) is 0 Å². The van der Waals surface area contributed by atoms with E-state index in [1.807, 2.05) is 24.3 Å². The van der Waals surface area contributed by atoms with Crippen LogP contribution in [-0.4, -0.2) is 20.7 Å². The Bertz CT molecular complexity index is 692. The van der Waals surface area contributed by atoms with Crippen LogP contribution in [0.2, 0.25) is 0 Å². The summed E-state index contributed by atoms with van der Waals surface area (Å²) in [4.78, 5) is 25.8. The second kappa shape index (κ2) is 4.96. The van der Waals surface area contributed by atoms with E-state index in [0.717, 1.165) is 15.9 Å². The minimum Gasteiger partial charge on any atom is -0.319 e. The zero-order chi connectivity index (χ0) is 14.9. The highest BCUT2D eigenvalue weighted by Gasteiger charge is 2.20. The van der Waals surface area contributed by atoms with Crippen LogP contribution >= 0.6 is 0 Å². The maximum absolute atomic E-state index is 12.1. The van der Waals surface area contributed by atoms with Crippen molar-refractivity contribution < 1.29 is 4.79 Å². The summed E-state index contributed by atoms with van der Waals surface area (Å²) >= 11 is 0. The van der Waals surface area contributed by atoms with E-state index in [2.05, 4.69) is 36.2 Å². The number of rotatable bonds is 2. The lowest BCUT2D eigenvalue weighted by molar-refractivity contribution is 0.101. The number of hydrogen-bond donors (Lipinski definition) is 2. The summed E-state index contributed by atoms with van der Waals surface area (Å²) in [5.41, 5.74) is 1.23. The van der Waals surface area contributed by atoms with Gasteiger partial charge in [-0.3, -0.25) is 9.78 Å². The molecule has 6 heteroatoms. The van der Waals surface area contributed by atoms with Gasteiger partial charge in [-0.2, -0.15) is 0 Å². The lowest BCUT2D eigenvalue weighted by atomic mass is 9.86. The second-order valence-electron chi connectivity index (χ2n) is 5.65. The monoisotopic (exact) mass is 274 g/mol. The third kappa shape index (κ3) is 2.79. The fourth-order valence-electron chi connectivity index (χ4n) is 1.93. The number of hydrogen-bond acceptors (Lipinski definition) is 3. The third-order valence-electron chi connectivity index (χ3n) is 2.97. The standard InChI is InChI=1S/C14H18N4O2/c1-14(2,3)9-7-5-6-8-10(9)15-12(19)11-16-13(20)18(4)17-11/h5-8H,1-4H3,(H,15,19)(H,16,17,20). The molecule has 20 heavy (non-hydrogen) atoms. The quantitative estimate of drug-likeness (QED) is 0.874. The number of carbonyl (C=O) groups is 1. The van der Waals surface area contributed by atoms with Crippen LogP contribution in [0.4, 0.5) is 5.69 Å². The number of aromatic nitrogens is 3. The van der Waals surface area contributed by atoms with Crippen molar-refractivity contribution in [2.24, 2.45) is 7.05 Å². The number of H-pyrrole nitrogens is 1. The highest BCUT2D eigenvalue weighted by molar-refractivity contribution is 6.02. The van der Waals surface area contributed by atoms with Crippen LogP contribution in [0.5, 0.6) is 0 Å². The lowest BCUT2D eigenvalue weighted by Crippen LogP contribution is -2.20. The van der Waals surface area contributed by atoms with Crippen LogP contribution in [0.1, 0.15) is 37.0 Å². The number of para-hydroxylation sites is 1. The Labute approximate surface area is 116 Å². The topological polar surface area (TPSA) is 79.8 Å². The van der Waals surface area contributed by atoms with Crippen molar-refractivity contribution in [2.45, 2.75) is 26.2 Å². The van der Waals surface area contributed by atoms with Gasteiger partial charge in [0.1, 0.15) is 0 Å². The van der Waals surface area contributed by atoms with Crippen molar-refractivity contribution in [3.63, 3.8) is 0 Å². The molecule has 0 saturated carbocycles. The molecule has 1 aromatic carbocycles. The Morgan fingerprint density at radius 3 is 2.50 bits per heavy atom. The zero-order valence-corrected chi connectivity index (χ0v) is 12.0. The van der Waals surface area contributed by atoms with E-state index in [-0.39, 0.29) is 11.2 Å². The van der Waals surface area contributed by atoms with Gasteiger partial charge < -0.3 is 5.32 Å². The molecule has 106 valence electrons. The van der Waals surface area contributed by atoms with Gasteiger partial charge in [-0.25, -0.2) is 9.48 Å². The summed E-state index contributed by atoms with van der Waals surface area (Å²) in [6.07, 6.45) is 0. The van der Waals surface area contributed by atoms with E-state index in [9.17, 15) is 9.59 Å². The second-order valence-corrected chi connectivity index (χ2v) is 5.65. The van der Waals surface area contributed by atoms with Crippen molar-refractivity contribution in [3.8, 4) is 0 Å². The van der Waals surface area contributed by atoms with E-state index >= 15 is 0 Å². The van der Waals surface area contributed by atoms with Crippen LogP contribution in [0.25, 0.3) is 0 Å². The number of benzene rings is 1. The number of aromatic amines is 1. The van der Waals surface area contributed by atoms with Gasteiger partial charge in [-0.05, 0) is 17.0 Å². The summed E-state index contributed by atoms with van der Waals surface area (Å²) in [6, 6.07) is 7.58. The average molecular weight is 274 g/mol. The van der Waals surface area contributed by atoms with Gasteiger partial charge >= 0.3 is 5.69 Å². The minimum atomic E-state index is -0.431. The highest BCUT2D eigenvalue weighted by atomic mass is 16.2. The van der Waals surface area contributed by atoms with Gasteiger partial charge in [0.15, 0.2) is 0 Å². The molecule has 0 saturated heterocycles. The van der Waals surface area contributed by atoms with Crippen molar-refractivity contribution in [3.05, 3.63) is 46.1 Å². The molecular formula is C14H18N4O2. The normalized spacial score (nSPS) is 11.4. The molecular weight excluding hydrogens is 256 g/mol. The first kappa shape index (κ1) is 14.0. The SMILES string of the molecule is Cn1nc(C(=O)Nc2ccccc2C(C)(C)C)[nH]c1=O. The third-order valence-corrected chi connectivity index (χ3v) is 2.97. The van der Waals surface area contributed by atoms with E-state index < -0.39 is 11.6 Å². The Morgan fingerprint density at radius 2 is 1.95 bits per heavy atom. The number of aryl methyl sites for hydroxylation is 1. The average Bonchev–Trinajstić information content (AvgIpc) is 2.69. The Balaban J connectivity index is 2.31. The van der Waals surface area contributed by atoms with Crippen molar-refractivity contribution >= 4 is 11.6 Å². The molecule has 2 aromatic rings. The largest absolute Gasteiger partial charge is 0.343 e. The van der Waals surface area contributed by atoms with Crippen molar-refractivity contribution in [1.29, 1.82) is 0 Å². The first-order valence-electron chi connectivity index (χ1n) is 6.33. The molecule has 0 spiro atoms. The molecule has 2 N–H and O–H groups in total. The first-order valence-corrected chi connectivity index (χ1v) is 6.33. The Morgan fingerprint density at radius 1 is 1.30 bits per heavy atom. The van der Waals surface area contributed by atoms with Gasteiger partial charge in [0, 0.05) is 12.7 Å². The van der Waals surface area contributed by atoms with E-state index in [1.165, 1.54) is 7.05 Å². The highest BCUT2D eigenvalue weighted by Crippen LogP contribution is 2.29. The maximum atomic E-state index is 12.1. The summed E-state index contributed by atoms with van der Waals surface area (Å²) in [5.74, 6) is -0.430. The van der Waals surface area contributed by atoms with Crippen LogP contribution in [0.3, 0.4) is 0 Å². The predicted octanol–water partition coefficient (Wildman–Crippen LogP) is 1.66. The molecule has 0 bridgehead atoms. The molecule has 1 amide bonds. The number of nitrogens with one attached hydrogen (secondary N) is 2. The summed E-state index contributed by atoms with van der Waals surface area (Å²) in [7, 11) is 1.48. The van der Waals surface area contributed by atoms with Crippen LogP contribution in [-0.2, 0) is 12.5 Å². The van der Waals surface area contributed by atoms with Crippen LogP contribution in [0, 0.1) is 0 Å². The Kier molecular flexibility index (Phi) is 3.48. The summed E-state index contributed by atoms with van der Waals surface area (Å²) < 4.78 is 1.09. The molecule has 0 aliphatic carbocycles. The molecule has 0 aliphatic rings. The fraction of sp³-hybridized carbons (Fsp3) is 0.357. The minimum absolute atomic E-state index is 0.00112. The van der Waals surface area contributed by atoms with Gasteiger partial charge in [0.25, 0.3) is 5.91 Å². The van der Waals surface area contributed by atoms with Crippen molar-refractivity contribution in [2.75, 3.05) is 5.32 Å². The molecule has 6 nitrogen and oxygen atoms in total. The molecule has 0 aliphatic heterocycles. The molecule has 0 unspecified atom stereocenters. The van der Waals surface area contributed by atoms with E-state index in [4.69, 9.17) is 0 Å². The molecule has 0 radical (unpaired) electrons. The molecule has 0 fully saturated rings. The van der Waals surface area contributed by atoms with E-state index in [0.29, 0.717) is 0 Å². The van der Waals surface area contributed by atoms with Gasteiger partial charge in [0.2, 0.25) is 5.82 Å². The molecule has 0 atom stereocenters. The van der Waals surface area contributed by atoms with Crippen LogP contribution in [0.15, 0.2) is 29.1 Å². The number of amides is 1. The van der Waals surface area contributed by atoms with Gasteiger partial charge in [-0.15, -0.1) is 5.10 Å². The zero-order valence-electron chi connectivity index (χ0n) is 12.0.